The summed E-state index contributed by atoms with van der Waals surface area (Å²) in [4.78, 5) is 15.3. The lowest BCUT2D eigenvalue weighted by Gasteiger charge is -1.96. The fourth-order valence-electron chi connectivity index (χ4n) is 2.38. The number of imidazole rings is 2. The van der Waals surface area contributed by atoms with E-state index in [1.807, 2.05) is 26.2 Å². The van der Waals surface area contributed by atoms with E-state index < -0.39 is 0 Å². The Balaban J connectivity index is 1.51. The zero-order valence-electron chi connectivity index (χ0n) is 12.4. The van der Waals surface area contributed by atoms with Crippen LogP contribution >= 0.6 is 0 Å². The molecule has 0 aromatic carbocycles. The van der Waals surface area contributed by atoms with E-state index in [0.717, 1.165) is 60.1 Å². The molecule has 0 radical (unpaired) electrons. The molecule has 0 saturated heterocycles. The molecule has 0 aliphatic heterocycles. The molecule has 3 N–H and O–H groups in total. The monoisotopic (exact) mass is 284 g/mol. The molecule has 110 valence electrons. The molecular formula is C15H20N6. The van der Waals surface area contributed by atoms with Crippen molar-refractivity contribution in [1.29, 1.82) is 0 Å². The van der Waals surface area contributed by atoms with Crippen molar-refractivity contribution in [3.8, 4) is 0 Å². The highest BCUT2D eigenvalue weighted by molar-refractivity contribution is 5.10. The van der Waals surface area contributed by atoms with Gasteiger partial charge in [-0.1, -0.05) is 0 Å². The largest absolute Gasteiger partial charge is 0.346 e. The standard InChI is InChI=1S/C15H20N6/c1-10-7-12(21-20-10)5-6-15-17-9-14(19-15)4-3-13-8-16-11(2)18-13/h7-9H,3-6H2,1-2H3,(H,16,18)(H,17,19)(H,20,21). The maximum absolute atomic E-state index is 4.44. The average molecular weight is 284 g/mol. The van der Waals surface area contributed by atoms with E-state index in [1.165, 1.54) is 0 Å². The molecule has 0 aliphatic carbocycles. The van der Waals surface area contributed by atoms with E-state index in [1.54, 1.807) is 0 Å². The fraction of sp³-hybridized carbons (Fsp3) is 0.400. The molecule has 0 fully saturated rings. The van der Waals surface area contributed by atoms with Gasteiger partial charge in [-0.3, -0.25) is 5.10 Å². The molecule has 0 saturated carbocycles. The first kappa shape index (κ1) is 13.6. The quantitative estimate of drug-likeness (QED) is 0.647. The number of H-pyrrole nitrogens is 3. The Hall–Kier alpha value is -2.37. The first-order valence-electron chi connectivity index (χ1n) is 7.23. The Labute approximate surface area is 123 Å². The number of aryl methyl sites for hydroxylation is 6. The summed E-state index contributed by atoms with van der Waals surface area (Å²) in [6.45, 7) is 3.98. The van der Waals surface area contributed by atoms with Crippen molar-refractivity contribution in [1.82, 2.24) is 30.1 Å². The van der Waals surface area contributed by atoms with Gasteiger partial charge in [0.2, 0.25) is 0 Å². The Morgan fingerprint density at radius 2 is 1.67 bits per heavy atom. The second-order valence-electron chi connectivity index (χ2n) is 5.39. The van der Waals surface area contributed by atoms with Gasteiger partial charge in [0.1, 0.15) is 11.6 Å². The summed E-state index contributed by atoms with van der Waals surface area (Å²) in [5, 5.41) is 7.20. The number of aromatic amines is 3. The van der Waals surface area contributed by atoms with Crippen molar-refractivity contribution in [3.05, 3.63) is 52.9 Å². The van der Waals surface area contributed by atoms with Gasteiger partial charge in [0.25, 0.3) is 0 Å². The van der Waals surface area contributed by atoms with Crippen LogP contribution in [0.4, 0.5) is 0 Å². The molecule has 21 heavy (non-hydrogen) atoms. The van der Waals surface area contributed by atoms with Gasteiger partial charge in [0, 0.05) is 35.9 Å². The van der Waals surface area contributed by atoms with Crippen LogP contribution in [0.5, 0.6) is 0 Å². The number of aromatic nitrogens is 6. The number of rotatable bonds is 6. The van der Waals surface area contributed by atoms with Crippen molar-refractivity contribution in [2.75, 3.05) is 0 Å². The molecule has 0 amide bonds. The maximum atomic E-state index is 4.44. The third kappa shape index (κ3) is 3.59. The third-order valence-corrected chi connectivity index (χ3v) is 3.48. The first-order valence-corrected chi connectivity index (χ1v) is 7.23. The van der Waals surface area contributed by atoms with Crippen LogP contribution in [-0.4, -0.2) is 30.1 Å². The first-order chi connectivity index (χ1) is 10.2. The van der Waals surface area contributed by atoms with Crippen LogP contribution in [0, 0.1) is 13.8 Å². The van der Waals surface area contributed by atoms with Crippen LogP contribution in [0.15, 0.2) is 18.5 Å². The zero-order valence-corrected chi connectivity index (χ0v) is 12.4. The Bertz CT molecular complexity index is 646. The molecule has 0 unspecified atom stereocenters. The lowest BCUT2D eigenvalue weighted by molar-refractivity contribution is 0.831. The summed E-state index contributed by atoms with van der Waals surface area (Å²) in [6, 6.07) is 2.07. The van der Waals surface area contributed by atoms with E-state index in [-0.39, 0.29) is 0 Å². The van der Waals surface area contributed by atoms with E-state index in [0.29, 0.717) is 0 Å². The summed E-state index contributed by atoms with van der Waals surface area (Å²) < 4.78 is 0. The third-order valence-electron chi connectivity index (χ3n) is 3.48. The lowest BCUT2D eigenvalue weighted by Crippen LogP contribution is -1.95. The van der Waals surface area contributed by atoms with Crippen molar-refractivity contribution in [2.45, 2.75) is 39.5 Å². The van der Waals surface area contributed by atoms with Crippen LogP contribution in [0.3, 0.4) is 0 Å². The SMILES string of the molecule is Cc1cc(CCc2ncc(CCc3cnc(C)[nH]3)[nH]2)n[nH]1. The van der Waals surface area contributed by atoms with E-state index >= 15 is 0 Å². The molecule has 3 rings (SSSR count). The van der Waals surface area contributed by atoms with E-state index in [9.17, 15) is 0 Å². The van der Waals surface area contributed by atoms with Gasteiger partial charge in [-0.2, -0.15) is 5.10 Å². The number of hydrogen-bond donors (Lipinski definition) is 3. The van der Waals surface area contributed by atoms with Crippen molar-refractivity contribution < 1.29 is 0 Å². The summed E-state index contributed by atoms with van der Waals surface area (Å²) in [5.41, 5.74) is 4.50. The number of nitrogens with zero attached hydrogens (tertiary/aromatic N) is 3. The van der Waals surface area contributed by atoms with Gasteiger partial charge in [-0.05, 0) is 39.2 Å². The topological polar surface area (TPSA) is 86.0 Å². The Morgan fingerprint density at radius 3 is 2.33 bits per heavy atom. The van der Waals surface area contributed by atoms with Gasteiger partial charge >= 0.3 is 0 Å². The fourth-order valence-corrected chi connectivity index (χ4v) is 2.38. The normalized spacial score (nSPS) is 11.1. The molecule has 0 bridgehead atoms. The second-order valence-corrected chi connectivity index (χ2v) is 5.39. The molecule has 6 heteroatoms. The van der Waals surface area contributed by atoms with Gasteiger partial charge in [0.05, 0.1) is 5.69 Å². The van der Waals surface area contributed by atoms with Crippen LogP contribution in [-0.2, 0) is 25.7 Å². The molecule has 6 nitrogen and oxygen atoms in total. The number of hydrogen-bond acceptors (Lipinski definition) is 3. The maximum Gasteiger partial charge on any atom is 0.106 e. The molecule has 3 aromatic heterocycles. The average Bonchev–Trinajstić information content (AvgIpc) is 3.16. The van der Waals surface area contributed by atoms with Crippen LogP contribution in [0.2, 0.25) is 0 Å². The molecule has 0 aliphatic rings. The lowest BCUT2D eigenvalue weighted by atomic mass is 10.2. The minimum absolute atomic E-state index is 0.882. The van der Waals surface area contributed by atoms with Crippen LogP contribution in [0.1, 0.15) is 34.4 Å². The highest BCUT2D eigenvalue weighted by Gasteiger charge is 2.05. The highest BCUT2D eigenvalue weighted by atomic mass is 15.1. The summed E-state index contributed by atoms with van der Waals surface area (Å²) in [5.74, 6) is 1.98. The van der Waals surface area contributed by atoms with Gasteiger partial charge in [0.15, 0.2) is 0 Å². The summed E-state index contributed by atoms with van der Waals surface area (Å²) in [7, 11) is 0. The minimum atomic E-state index is 0.882. The van der Waals surface area contributed by atoms with Gasteiger partial charge < -0.3 is 9.97 Å². The molecule has 0 atom stereocenters. The molecular weight excluding hydrogens is 264 g/mol. The van der Waals surface area contributed by atoms with Gasteiger partial charge in [-0.15, -0.1) is 0 Å². The van der Waals surface area contributed by atoms with Gasteiger partial charge in [-0.25, -0.2) is 9.97 Å². The number of nitrogens with one attached hydrogen (secondary N) is 3. The van der Waals surface area contributed by atoms with Crippen LogP contribution < -0.4 is 0 Å². The predicted molar refractivity (Wildman–Crippen MR) is 80.1 cm³/mol. The smallest absolute Gasteiger partial charge is 0.106 e. The van der Waals surface area contributed by atoms with Crippen LogP contribution in [0.25, 0.3) is 0 Å². The summed E-state index contributed by atoms with van der Waals surface area (Å²) >= 11 is 0. The Morgan fingerprint density at radius 1 is 0.905 bits per heavy atom. The Kier molecular flexibility index (Phi) is 3.85. The summed E-state index contributed by atoms with van der Waals surface area (Å²) in [6.07, 6.45) is 7.49. The molecule has 0 spiro atoms. The molecule has 3 aromatic rings. The van der Waals surface area contributed by atoms with Crippen molar-refractivity contribution >= 4 is 0 Å². The minimum Gasteiger partial charge on any atom is -0.346 e. The molecule has 3 heterocycles. The highest BCUT2D eigenvalue weighted by Crippen LogP contribution is 2.07. The van der Waals surface area contributed by atoms with E-state index in [2.05, 4.69) is 36.2 Å². The predicted octanol–water partition coefficient (Wildman–Crippen LogP) is 2.04. The van der Waals surface area contributed by atoms with Crippen molar-refractivity contribution in [3.63, 3.8) is 0 Å². The van der Waals surface area contributed by atoms with E-state index in [4.69, 9.17) is 0 Å². The second kappa shape index (κ2) is 5.95. The zero-order chi connectivity index (χ0) is 14.7. The van der Waals surface area contributed by atoms with Crippen molar-refractivity contribution in [2.24, 2.45) is 0 Å².